The molecule has 5 atom stereocenters. The largest absolute Gasteiger partial charge is 0.498 e. The lowest BCUT2D eigenvalue weighted by Crippen LogP contribution is -2.44. The molecule has 1 aromatic rings. The first-order valence-electron chi connectivity index (χ1n) is 9.99. The summed E-state index contributed by atoms with van der Waals surface area (Å²) in [5.74, 6) is 2.50. The Bertz CT molecular complexity index is 590. The predicted octanol–water partition coefficient (Wildman–Crippen LogP) is 6.41. The van der Waals surface area contributed by atoms with Gasteiger partial charge in [0, 0.05) is 5.41 Å². The van der Waals surface area contributed by atoms with Crippen molar-refractivity contribution >= 4 is 0 Å². The lowest BCUT2D eigenvalue weighted by Gasteiger charge is -2.50. The van der Waals surface area contributed by atoms with Crippen molar-refractivity contribution in [1.82, 2.24) is 0 Å². The molecule has 2 fully saturated rings. The van der Waals surface area contributed by atoms with Gasteiger partial charge in [0.15, 0.2) is 0 Å². The molecular weight excluding hydrogens is 292 g/mol. The van der Waals surface area contributed by atoms with Crippen molar-refractivity contribution in [2.24, 2.45) is 17.3 Å². The third-order valence-electron chi connectivity index (χ3n) is 7.06. The molecule has 1 nitrogen and oxygen atoms in total. The molecule has 0 aliphatic heterocycles. The van der Waals surface area contributed by atoms with E-state index < -0.39 is 0 Å². The summed E-state index contributed by atoms with van der Waals surface area (Å²) < 4.78 is 5.90. The second kappa shape index (κ2) is 6.94. The van der Waals surface area contributed by atoms with Crippen LogP contribution in [0.5, 0.6) is 0 Å². The normalized spacial score (nSPS) is 36.5. The minimum absolute atomic E-state index is 0.373. The maximum absolute atomic E-state index is 5.90. The van der Waals surface area contributed by atoms with Crippen LogP contribution in [0.1, 0.15) is 75.5 Å². The molecule has 0 spiro atoms. The number of fused-ring (bicyclic) bond motifs is 5. The summed E-state index contributed by atoms with van der Waals surface area (Å²) in [5, 5.41) is 0. The Hall–Kier alpha value is -1.24. The monoisotopic (exact) mass is 326 g/mol. The van der Waals surface area contributed by atoms with Crippen LogP contribution in [0.25, 0.3) is 0 Å². The number of rotatable bonds is 2. The maximum Gasteiger partial charge on any atom is 0.103 e. The Morgan fingerprint density at radius 2 is 1.96 bits per heavy atom. The van der Waals surface area contributed by atoms with Crippen molar-refractivity contribution in [3.05, 3.63) is 47.7 Å². The third kappa shape index (κ3) is 2.70. The number of benzene rings is 1. The Balaban J connectivity index is 0.000000815. The maximum atomic E-state index is 5.90. The van der Waals surface area contributed by atoms with Crippen LogP contribution >= 0.6 is 0 Å². The summed E-state index contributed by atoms with van der Waals surface area (Å²) in [4.78, 5) is 0. The van der Waals surface area contributed by atoms with E-state index in [9.17, 15) is 0 Å². The van der Waals surface area contributed by atoms with Gasteiger partial charge in [0.25, 0.3) is 0 Å². The van der Waals surface area contributed by atoms with E-state index in [0.717, 1.165) is 17.8 Å². The standard InChI is InChI=1S/C21H28O.C2H6/c1-4-22-20-10-9-19-18-8-6-15-13-14(2)5-7-16(15)17(18)11-12-21(19,20)3;1-2/h4-5,7,13,17-20H,1,6,8-12H2,2-3H3;1-2H3. The third-order valence-corrected chi connectivity index (χ3v) is 7.06. The Labute approximate surface area is 148 Å². The quantitative estimate of drug-likeness (QED) is 0.571. The van der Waals surface area contributed by atoms with Gasteiger partial charge >= 0.3 is 0 Å². The highest BCUT2D eigenvalue weighted by atomic mass is 16.5. The lowest BCUT2D eigenvalue weighted by atomic mass is 9.55. The Morgan fingerprint density at radius 3 is 2.71 bits per heavy atom. The topological polar surface area (TPSA) is 9.23 Å². The fourth-order valence-corrected chi connectivity index (χ4v) is 6.00. The highest BCUT2D eigenvalue weighted by Crippen LogP contribution is 2.61. The summed E-state index contributed by atoms with van der Waals surface area (Å²) in [6.45, 7) is 12.5. The number of hydrogen-bond donors (Lipinski definition) is 0. The smallest absolute Gasteiger partial charge is 0.103 e. The number of aryl methyl sites for hydroxylation is 2. The van der Waals surface area contributed by atoms with Crippen LogP contribution < -0.4 is 0 Å². The fraction of sp³-hybridized carbons (Fsp3) is 0.652. The molecule has 24 heavy (non-hydrogen) atoms. The van der Waals surface area contributed by atoms with Crippen LogP contribution in [0, 0.1) is 24.2 Å². The van der Waals surface area contributed by atoms with Crippen LogP contribution in [-0.4, -0.2) is 6.10 Å². The number of ether oxygens (including phenoxy) is 1. The molecule has 0 aromatic heterocycles. The molecule has 0 heterocycles. The van der Waals surface area contributed by atoms with Crippen molar-refractivity contribution in [2.75, 3.05) is 0 Å². The summed E-state index contributed by atoms with van der Waals surface area (Å²) >= 11 is 0. The summed E-state index contributed by atoms with van der Waals surface area (Å²) in [7, 11) is 0. The highest BCUT2D eigenvalue weighted by Gasteiger charge is 2.55. The molecule has 4 rings (SSSR count). The van der Waals surface area contributed by atoms with Crippen molar-refractivity contribution < 1.29 is 4.74 Å². The zero-order chi connectivity index (χ0) is 17.3. The van der Waals surface area contributed by atoms with Gasteiger partial charge in [-0.25, -0.2) is 0 Å². The highest BCUT2D eigenvalue weighted by molar-refractivity contribution is 5.37. The van der Waals surface area contributed by atoms with Crippen molar-refractivity contribution in [2.45, 2.75) is 78.2 Å². The molecule has 3 aliphatic rings. The Morgan fingerprint density at radius 1 is 1.17 bits per heavy atom. The average molecular weight is 327 g/mol. The van der Waals surface area contributed by atoms with Gasteiger partial charge in [0.2, 0.25) is 0 Å². The van der Waals surface area contributed by atoms with Gasteiger partial charge in [0.05, 0.1) is 6.26 Å². The Kier molecular flexibility index (Phi) is 5.08. The number of hydrogen-bond acceptors (Lipinski definition) is 1. The van der Waals surface area contributed by atoms with Gasteiger partial charge in [-0.05, 0) is 74.3 Å². The first-order valence-corrected chi connectivity index (χ1v) is 9.99. The van der Waals surface area contributed by atoms with Crippen molar-refractivity contribution in [1.29, 1.82) is 0 Å². The van der Waals surface area contributed by atoms with E-state index in [2.05, 4.69) is 38.6 Å². The molecule has 132 valence electrons. The molecular formula is C23H34O. The van der Waals surface area contributed by atoms with Gasteiger partial charge in [-0.1, -0.05) is 51.1 Å². The van der Waals surface area contributed by atoms with Crippen LogP contribution in [0.2, 0.25) is 0 Å². The molecule has 2 saturated carbocycles. The van der Waals surface area contributed by atoms with E-state index in [1.165, 1.54) is 44.1 Å². The van der Waals surface area contributed by atoms with Gasteiger partial charge in [-0.2, -0.15) is 0 Å². The van der Waals surface area contributed by atoms with E-state index in [4.69, 9.17) is 4.74 Å². The SMILES string of the molecule is C=COC1CCC2C3CCc4cc(C)ccc4C3CCC12C.CC. The zero-order valence-electron chi connectivity index (χ0n) is 16.0. The van der Waals surface area contributed by atoms with Crippen molar-refractivity contribution in [3.63, 3.8) is 0 Å². The van der Waals surface area contributed by atoms with Crippen LogP contribution in [0.3, 0.4) is 0 Å². The molecule has 1 aromatic carbocycles. The molecule has 1 heteroatoms. The lowest BCUT2D eigenvalue weighted by molar-refractivity contribution is -0.0292. The van der Waals surface area contributed by atoms with Gasteiger partial charge in [0.1, 0.15) is 6.10 Å². The van der Waals surface area contributed by atoms with Crippen LogP contribution in [0.4, 0.5) is 0 Å². The van der Waals surface area contributed by atoms with Crippen LogP contribution in [-0.2, 0) is 11.2 Å². The minimum atomic E-state index is 0.373. The van der Waals surface area contributed by atoms with Crippen LogP contribution in [0.15, 0.2) is 31.0 Å². The fourth-order valence-electron chi connectivity index (χ4n) is 6.00. The minimum Gasteiger partial charge on any atom is -0.498 e. The van der Waals surface area contributed by atoms with Gasteiger partial charge in [-0.15, -0.1) is 0 Å². The molecule has 0 bridgehead atoms. The molecule has 0 N–H and O–H groups in total. The summed E-state index contributed by atoms with van der Waals surface area (Å²) in [6.07, 6.45) is 9.93. The molecule has 0 amide bonds. The zero-order valence-corrected chi connectivity index (χ0v) is 16.0. The first kappa shape index (κ1) is 17.6. The molecule has 5 unspecified atom stereocenters. The van der Waals surface area contributed by atoms with E-state index in [-0.39, 0.29) is 0 Å². The molecule has 0 radical (unpaired) electrons. The van der Waals surface area contributed by atoms with E-state index in [1.54, 1.807) is 17.4 Å². The van der Waals surface area contributed by atoms with Gasteiger partial charge < -0.3 is 4.74 Å². The molecule has 3 aliphatic carbocycles. The predicted molar refractivity (Wildman–Crippen MR) is 102 cm³/mol. The summed E-state index contributed by atoms with van der Waals surface area (Å²) in [6, 6.07) is 7.17. The average Bonchev–Trinajstić information content (AvgIpc) is 2.93. The second-order valence-corrected chi connectivity index (χ2v) is 8.03. The summed E-state index contributed by atoms with van der Waals surface area (Å²) in [5.41, 5.74) is 5.08. The van der Waals surface area contributed by atoms with Crippen molar-refractivity contribution in [3.8, 4) is 0 Å². The second-order valence-electron chi connectivity index (χ2n) is 8.03. The molecule has 0 saturated heterocycles. The van der Waals surface area contributed by atoms with E-state index >= 15 is 0 Å². The van der Waals surface area contributed by atoms with Gasteiger partial charge in [-0.3, -0.25) is 0 Å². The van der Waals surface area contributed by atoms with E-state index in [0.29, 0.717) is 11.5 Å². The first-order chi connectivity index (χ1) is 11.6. The van der Waals surface area contributed by atoms with E-state index in [1.807, 2.05) is 13.8 Å².